The Labute approximate surface area is 173 Å². The molecule has 0 unspecified atom stereocenters. The number of amides is 1. The zero-order valence-electron chi connectivity index (χ0n) is 17.1. The smallest absolute Gasteiger partial charge is 0.294 e. The van der Waals surface area contributed by atoms with Gasteiger partial charge in [0.2, 0.25) is 0 Å². The van der Waals surface area contributed by atoms with E-state index in [1.165, 1.54) is 6.26 Å². The van der Waals surface area contributed by atoms with E-state index >= 15 is 0 Å². The zero-order valence-corrected chi connectivity index (χ0v) is 17.1. The van der Waals surface area contributed by atoms with Crippen LogP contribution in [-0.2, 0) is 6.54 Å². The van der Waals surface area contributed by atoms with Crippen LogP contribution in [0.25, 0.3) is 10.9 Å². The van der Waals surface area contributed by atoms with Crippen molar-refractivity contribution in [2.24, 2.45) is 0 Å². The lowest BCUT2D eigenvalue weighted by Crippen LogP contribution is -2.33. The fraction of sp³-hybridized carbons (Fsp3) is 0.167. The summed E-state index contributed by atoms with van der Waals surface area (Å²) in [5.74, 6) is 0.604. The van der Waals surface area contributed by atoms with E-state index < -0.39 is 0 Å². The van der Waals surface area contributed by atoms with Crippen molar-refractivity contribution in [2.45, 2.75) is 20.4 Å². The number of fused-ring (bicyclic) bond motifs is 1. The Morgan fingerprint density at radius 2 is 1.93 bits per heavy atom. The predicted molar refractivity (Wildman–Crippen MR) is 116 cm³/mol. The Morgan fingerprint density at radius 1 is 1.10 bits per heavy atom. The van der Waals surface area contributed by atoms with Gasteiger partial charge in [0.25, 0.3) is 11.5 Å². The van der Waals surface area contributed by atoms with E-state index in [9.17, 15) is 9.59 Å². The van der Waals surface area contributed by atoms with Crippen molar-refractivity contribution in [2.75, 3.05) is 12.0 Å². The summed E-state index contributed by atoms with van der Waals surface area (Å²) in [7, 11) is 1.60. The minimum absolute atomic E-state index is 0.103. The fourth-order valence-corrected chi connectivity index (χ4v) is 3.45. The monoisotopic (exact) mass is 402 g/mol. The maximum absolute atomic E-state index is 13.2. The average Bonchev–Trinajstić information content (AvgIpc) is 3.28. The van der Waals surface area contributed by atoms with Crippen LogP contribution in [0, 0.1) is 13.8 Å². The van der Waals surface area contributed by atoms with Crippen LogP contribution in [0.3, 0.4) is 0 Å². The van der Waals surface area contributed by atoms with Gasteiger partial charge in [-0.05, 0) is 67.4 Å². The molecule has 2 heterocycles. The highest BCUT2D eigenvalue weighted by atomic mass is 16.5. The molecule has 1 N–H and O–H groups in total. The molecular weight excluding hydrogens is 380 g/mol. The lowest BCUT2D eigenvalue weighted by Gasteiger charge is -2.24. The summed E-state index contributed by atoms with van der Waals surface area (Å²) in [4.78, 5) is 30.5. The predicted octanol–water partition coefficient (Wildman–Crippen LogP) is 4.59. The summed E-state index contributed by atoms with van der Waals surface area (Å²) in [6.45, 7) is 4.01. The number of nitrogens with zero attached hydrogens (tertiary/aromatic N) is 1. The fourth-order valence-electron chi connectivity index (χ4n) is 3.45. The third-order valence-electron chi connectivity index (χ3n) is 5.09. The molecule has 2 aromatic carbocycles. The third kappa shape index (κ3) is 3.72. The van der Waals surface area contributed by atoms with Crippen LogP contribution < -0.4 is 15.2 Å². The van der Waals surface area contributed by atoms with Crippen LogP contribution in [0.2, 0.25) is 0 Å². The summed E-state index contributed by atoms with van der Waals surface area (Å²) >= 11 is 0. The standard InChI is InChI=1S/C24H22N2O4/c1-15-6-7-16(2)21(11-15)26(24(28)22-5-4-10-30-22)14-18-12-17-13-19(29-3)8-9-20(17)25-23(18)27/h4-13H,14H2,1-3H3,(H,25,27). The number of aryl methyl sites for hydroxylation is 2. The number of anilines is 1. The molecule has 0 bridgehead atoms. The third-order valence-corrected chi connectivity index (χ3v) is 5.09. The van der Waals surface area contributed by atoms with Crippen LogP contribution in [0.15, 0.2) is 70.1 Å². The van der Waals surface area contributed by atoms with Crippen molar-refractivity contribution in [1.29, 1.82) is 0 Å². The molecule has 6 nitrogen and oxygen atoms in total. The van der Waals surface area contributed by atoms with E-state index in [0.717, 1.165) is 22.2 Å². The first-order valence-electron chi connectivity index (χ1n) is 9.59. The molecule has 1 amide bonds. The van der Waals surface area contributed by atoms with Crippen LogP contribution in [0.1, 0.15) is 27.2 Å². The molecule has 2 aromatic heterocycles. The molecule has 0 spiro atoms. The molecule has 0 radical (unpaired) electrons. The van der Waals surface area contributed by atoms with Gasteiger partial charge in [-0.3, -0.25) is 9.59 Å². The molecule has 0 fully saturated rings. The Morgan fingerprint density at radius 3 is 2.67 bits per heavy atom. The molecule has 0 aliphatic rings. The first-order chi connectivity index (χ1) is 14.5. The van der Waals surface area contributed by atoms with Gasteiger partial charge < -0.3 is 19.0 Å². The number of nitrogens with one attached hydrogen (secondary N) is 1. The number of benzene rings is 2. The first-order valence-corrected chi connectivity index (χ1v) is 9.59. The van der Waals surface area contributed by atoms with Crippen molar-refractivity contribution in [3.05, 3.63) is 93.7 Å². The second kappa shape index (κ2) is 7.91. The van der Waals surface area contributed by atoms with Gasteiger partial charge in [-0.1, -0.05) is 12.1 Å². The topological polar surface area (TPSA) is 75.5 Å². The van der Waals surface area contributed by atoms with Crippen molar-refractivity contribution in [1.82, 2.24) is 4.98 Å². The van der Waals surface area contributed by atoms with Gasteiger partial charge in [-0.2, -0.15) is 0 Å². The van der Waals surface area contributed by atoms with Gasteiger partial charge in [0.05, 0.1) is 19.9 Å². The summed E-state index contributed by atoms with van der Waals surface area (Å²) in [5, 5.41) is 0.829. The summed E-state index contributed by atoms with van der Waals surface area (Å²) in [6, 6.07) is 16.4. The van der Waals surface area contributed by atoms with E-state index in [1.807, 2.05) is 38.1 Å². The van der Waals surface area contributed by atoms with Gasteiger partial charge in [0.15, 0.2) is 5.76 Å². The molecule has 6 heteroatoms. The molecule has 4 rings (SSSR count). The maximum atomic E-state index is 13.2. The average molecular weight is 402 g/mol. The number of methoxy groups -OCH3 is 1. The van der Waals surface area contributed by atoms with Gasteiger partial charge in [-0.15, -0.1) is 0 Å². The Balaban J connectivity index is 1.82. The highest BCUT2D eigenvalue weighted by molar-refractivity contribution is 6.04. The second-order valence-electron chi connectivity index (χ2n) is 7.24. The van der Waals surface area contributed by atoms with Gasteiger partial charge in [0, 0.05) is 22.2 Å². The van der Waals surface area contributed by atoms with Crippen molar-refractivity contribution < 1.29 is 13.9 Å². The molecule has 4 aromatic rings. The number of H-pyrrole nitrogens is 1. The zero-order chi connectivity index (χ0) is 21.3. The molecule has 0 saturated heterocycles. The summed E-state index contributed by atoms with van der Waals surface area (Å²) in [5.41, 5.74) is 3.62. The minimum atomic E-state index is -0.307. The van der Waals surface area contributed by atoms with Crippen molar-refractivity contribution >= 4 is 22.5 Å². The van der Waals surface area contributed by atoms with E-state index in [2.05, 4.69) is 4.98 Å². The second-order valence-corrected chi connectivity index (χ2v) is 7.24. The SMILES string of the molecule is COc1ccc2[nH]c(=O)c(CN(C(=O)c3ccco3)c3cc(C)ccc3C)cc2c1. The van der Waals surface area contributed by atoms with E-state index in [0.29, 0.717) is 16.8 Å². The molecular formula is C24H22N2O4. The number of furan rings is 1. The first kappa shape index (κ1) is 19.5. The van der Waals surface area contributed by atoms with Crippen LogP contribution in [0.4, 0.5) is 5.69 Å². The van der Waals surface area contributed by atoms with E-state index in [4.69, 9.17) is 9.15 Å². The minimum Gasteiger partial charge on any atom is -0.497 e. The molecule has 0 saturated carbocycles. The number of rotatable bonds is 5. The van der Waals surface area contributed by atoms with Crippen LogP contribution in [0.5, 0.6) is 5.75 Å². The van der Waals surface area contributed by atoms with E-state index in [1.54, 1.807) is 42.3 Å². The Bertz CT molecular complexity index is 1270. The number of ether oxygens (including phenoxy) is 1. The number of aromatic amines is 1. The molecule has 0 aliphatic carbocycles. The molecule has 152 valence electrons. The quantitative estimate of drug-likeness (QED) is 0.530. The number of hydrogen-bond donors (Lipinski definition) is 1. The van der Waals surface area contributed by atoms with E-state index in [-0.39, 0.29) is 23.8 Å². The molecule has 30 heavy (non-hydrogen) atoms. The number of carbonyl (C=O) groups excluding carboxylic acids is 1. The molecule has 0 atom stereocenters. The van der Waals surface area contributed by atoms with Gasteiger partial charge in [-0.25, -0.2) is 0 Å². The summed E-state index contributed by atoms with van der Waals surface area (Å²) in [6.07, 6.45) is 1.46. The largest absolute Gasteiger partial charge is 0.497 e. The van der Waals surface area contributed by atoms with Gasteiger partial charge in [0.1, 0.15) is 5.75 Å². The maximum Gasteiger partial charge on any atom is 0.294 e. The van der Waals surface area contributed by atoms with Crippen molar-refractivity contribution in [3.8, 4) is 5.75 Å². The number of carbonyl (C=O) groups is 1. The Hall–Kier alpha value is -3.80. The highest BCUT2D eigenvalue weighted by Gasteiger charge is 2.23. The summed E-state index contributed by atoms with van der Waals surface area (Å²) < 4.78 is 10.6. The number of aromatic nitrogens is 1. The van der Waals surface area contributed by atoms with Crippen LogP contribution in [-0.4, -0.2) is 18.0 Å². The lowest BCUT2D eigenvalue weighted by molar-refractivity contribution is 0.0958. The van der Waals surface area contributed by atoms with Gasteiger partial charge >= 0.3 is 0 Å². The normalized spacial score (nSPS) is 10.9. The Kier molecular flexibility index (Phi) is 5.14. The lowest BCUT2D eigenvalue weighted by atomic mass is 10.1. The number of pyridine rings is 1. The van der Waals surface area contributed by atoms with Crippen molar-refractivity contribution in [3.63, 3.8) is 0 Å². The molecule has 0 aliphatic heterocycles. The highest BCUT2D eigenvalue weighted by Crippen LogP contribution is 2.26. The van der Waals surface area contributed by atoms with Crippen LogP contribution >= 0.6 is 0 Å². The number of hydrogen-bond acceptors (Lipinski definition) is 4.